The Balaban J connectivity index is 1.76. The van der Waals surface area contributed by atoms with Crippen molar-refractivity contribution in [2.45, 2.75) is 76.4 Å². The van der Waals surface area contributed by atoms with E-state index >= 15 is 0 Å². The quantitative estimate of drug-likeness (QED) is 0.292. The van der Waals surface area contributed by atoms with Crippen molar-refractivity contribution in [2.75, 3.05) is 18.0 Å². The summed E-state index contributed by atoms with van der Waals surface area (Å²) in [4.78, 5) is 29.3. The molecule has 8 nitrogen and oxygen atoms in total. The molecule has 3 aromatic rings. The third-order valence-corrected chi connectivity index (χ3v) is 9.62. The molecule has 1 aliphatic carbocycles. The van der Waals surface area contributed by atoms with Gasteiger partial charge in [-0.1, -0.05) is 55.7 Å². The zero-order chi connectivity index (χ0) is 31.1. The number of anilines is 1. The van der Waals surface area contributed by atoms with Gasteiger partial charge in [-0.2, -0.15) is 0 Å². The van der Waals surface area contributed by atoms with Crippen molar-refractivity contribution in [2.24, 2.45) is 0 Å². The first-order valence-electron chi connectivity index (χ1n) is 14.6. The highest BCUT2D eigenvalue weighted by molar-refractivity contribution is 7.92. The van der Waals surface area contributed by atoms with Crippen molar-refractivity contribution in [1.82, 2.24) is 10.2 Å². The van der Waals surface area contributed by atoms with E-state index in [4.69, 9.17) is 4.74 Å². The van der Waals surface area contributed by atoms with Crippen LogP contribution in [0.1, 0.15) is 55.7 Å². The number of hydrogen-bond acceptors (Lipinski definition) is 5. The zero-order valence-corrected chi connectivity index (χ0v) is 26.0. The third-order valence-electron chi connectivity index (χ3n) is 7.84. The van der Waals surface area contributed by atoms with Crippen LogP contribution in [0, 0.1) is 19.7 Å². The second-order valence-corrected chi connectivity index (χ2v) is 12.9. The van der Waals surface area contributed by atoms with Crippen LogP contribution in [0.5, 0.6) is 5.75 Å². The van der Waals surface area contributed by atoms with Gasteiger partial charge in [-0.3, -0.25) is 13.9 Å². The van der Waals surface area contributed by atoms with E-state index in [0.717, 1.165) is 41.1 Å². The summed E-state index contributed by atoms with van der Waals surface area (Å²) in [5.41, 5.74) is 2.49. The molecule has 0 saturated heterocycles. The summed E-state index contributed by atoms with van der Waals surface area (Å²) >= 11 is 0. The standard InChI is InChI=1S/C33H40FN3O5S/c1-5-29(33(39)35-27-8-6-7-9-27)36(21-25-13-15-26(34)16-14-25)32(38)22-37(30-20-24(3)12-19-31(30)42-4)43(40,41)28-17-10-23(2)11-18-28/h10-20,27,29H,5-9,21-22H2,1-4H3,(H,35,39). The van der Waals surface area contributed by atoms with Crippen molar-refractivity contribution in [3.63, 3.8) is 0 Å². The Labute approximate surface area is 253 Å². The Bertz CT molecular complexity index is 1520. The number of sulfonamides is 1. The largest absolute Gasteiger partial charge is 0.495 e. The monoisotopic (exact) mass is 609 g/mol. The van der Waals surface area contributed by atoms with Gasteiger partial charge in [-0.25, -0.2) is 12.8 Å². The molecule has 43 heavy (non-hydrogen) atoms. The van der Waals surface area contributed by atoms with E-state index in [1.807, 2.05) is 20.8 Å². The van der Waals surface area contributed by atoms with E-state index in [0.29, 0.717) is 12.0 Å². The molecule has 1 aliphatic rings. The molecule has 0 aliphatic heterocycles. The molecule has 4 rings (SSSR count). The minimum Gasteiger partial charge on any atom is -0.495 e. The number of carbonyl (C=O) groups is 2. The van der Waals surface area contributed by atoms with Crippen molar-refractivity contribution >= 4 is 27.5 Å². The number of halogens is 1. The molecule has 1 atom stereocenters. The van der Waals surface area contributed by atoms with Crippen LogP contribution < -0.4 is 14.4 Å². The highest BCUT2D eigenvalue weighted by Gasteiger charge is 2.35. The number of ether oxygens (including phenoxy) is 1. The average Bonchev–Trinajstić information content (AvgIpc) is 3.50. The molecule has 1 N–H and O–H groups in total. The molecule has 0 aromatic heterocycles. The number of rotatable bonds is 12. The maximum absolute atomic E-state index is 14.3. The molecule has 1 fully saturated rings. The molecular weight excluding hydrogens is 569 g/mol. The maximum Gasteiger partial charge on any atom is 0.264 e. The molecule has 3 aromatic carbocycles. The van der Waals surface area contributed by atoms with Crippen molar-refractivity contribution in [1.29, 1.82) is 0 Å². The topological polar surface area (TPSA) is 96.0 Å². The van der Waals surface area contributed by atoms with E-state index in [1.165, 1.54) is 36.3 Å². The zero-order valence-electron chi connectivity index (χ0n) is 25.2. The predicted octanol–water partition coefficient (Wildman–Crippen LogP) is 5.51. The van der Waals surface area contributed by atoms with Gasteiger partial charge in [0.05, 0.1) is 17.7 Å². The first kappa shape index (κ1) is 32.0. The van der Waals surface area contributed by atoms with Crippen LogP contribution in [0.2, 0.25) is 0 Å². The summed E-state index contributed by atoms with van der Waals surface area (Å²) < 4.78 is 48.6. The van der Waals surface area contributed by atoms with Gasteiger partial charge in [-0.05, 0) is 80.6 Å². The van der Waals surface area contributed by atoms with Crippen molar-refractivity contribution < 1.29 is 27.1 Å². The maximum atomic E-state index is 14.3. The molecule has 0 spiro atoms. The lowest BCUT2D eigenvalue weighted by Gasteiger charge is -2.34. The lowest BCUT2D eigenvalue weighted by Crippen LogP contribution is -2.53. The number of benzene rings is 3. The van der Waals surface area contributed by atoms with E-state index < -0.39 is 34.3 Å². The Hall–Kier alpha value is -3.92. The molecule has 0 heterocycles. The summed E-state index contributed by atoms with van der Waals surface area (Å²) in [6.07, 6.45) is 4.13. The van der Waals surface area contributed by atoms with E-state index in [9.17, 15) is 22.4 Å². The van der Waals surface area contributed by atoms with E-state index in [2.05, 4.69) is 5.32 Å². The van der Waals surface area contributed by atoms with E-state index in [-0.39, 0.29) is 34.8 Å². The highest BCUT2D eigenvalue weighted by atomic mass is 32.2. The fourth-order valence-electron chi connectivity index (χ4n) is 5.42. The Morgan fingerprint density at radius 3 is 2.21 bits per heavy atom. The molecular formula is C33H40FN3O5S. The average molecular weight is 610 g/mol. The number of carbonyl (C=O) groups excluding carboxylic acids is 2. The molecule has 1 saturated carbocycles. The van der Waals surface area contributed by atoms with Crippen LogP contribution in [0.15, 0.2) is 71.6 Å². The van der Waals surface area contributed by atoms with E-state index in [1.54, 1.807) is 42.5 Å². The van der Waals surface area contributed by atoms with Gasteiger partial charge in [0.1, 0.15) is 24.2 Å². The van der Waals surface area contributed by atoms with Crippen LogP contribution in [0.3, 0.4) is 0 Å². The molecule has 0 bridgehead atoms. The van der Waals surface area contributed by atoms with Crippen molar-refractivity contribution in [3.05, 3.63) is 89.2 Å². The van der Waals surface area contributed by atoms with Gasteiger partial charge in [-0.15, -0.1) is 0 Å². The summed E-state index contributed by atoms with van der Waals surface area (Å²) in [7, 11) is -2.80. The van der Waals surface area contributed by atoms with Crippen LogP contribution in [0.25, 0.3) is 0 Å². The first-order valence-corrected chi connectivity index (χ1v) is 16.1. The third kappa shape index (κ3) is 7.73. The molecule has 10 heteroatoms. The number of amides is 2. The lowest BCUT2D eigenvalue weighted by atomic mass is 10.1. The number of nitrogens with one attached hydrogen (secondary N) is 1. The number of aryl methyl sites for hydroxylation is 2. The number of nitrogens with zero attached hydrogens (tertiary/aromatic N) is 2. The van der Waals surface area contributed by atoms with Gasteiger partial charge in [0.25, 0.3) is 10.0 Å². The summed E-state index contributed by atoms with van der Waals surface area (Å²) in [6, 6.07) is 16.4. The van der Waals surface area contributed by atoms with Gasteiger partial charge in [0, 0.05) is 12.6 Å². The number of hydrogen-bond donors (Lipinski definition) is 1. The Morgan fingerprint density at radius 1 is 0.977 bits per heavy atom. The second kappa shape index (κ2) is 14.0. The number of methoxy groups -OCH3 is 1. The van der Waals surface area contributed by atoms with Crippen LogP contribution in [-0.4, -0.2) is 50.9 Å². The fourth-order valence-corrected chi connectivity index (χ4v) is 6.84. The lowest BCUT2D eigenvalue weighted by molar-refractivity contribution is -0.140. The van der Waals surface area contributed by atoms with Gasteiger partial charge >= 0.3 is 0 Å². The summed E-state index contributed by atoms with van der Waals surface area (Å²) in [5, 5.41) is 3.09. The molecule has 230 valence electrons. The van der Waals surface area contributed by atoms with Crippen LogP contribution >= 0.6 is 0 Å². The minimum absolute atomic E-state index is 0.000914. The minimum atomic E-state index is -4.24. The Kier molecular flexibility index (Phi) is 10.4. The van der Waals surface area contributed by atoms with Gasteiger partial charge in [0.2, 0.25) is 11.8 Å². The SMILES string of the molecule is CCC(C(=O)NC1CCCC1)N(Cc1ccc(F)cc1)C(=O)CN(c1cc(C)ccc1OC)S(=O)(=O)c1ccc(C)cc1. The highest BCUT2D eigenvalue weighted by Crippen LogP contribution is 2.34. The Morgan fingerprint density at radius 2 is 1.60 bits per heavy atom. The molecule has 2 amide bonds. The smallest absolute Gasteiger partial charge is 0.264 e. The van der Waals surface area contributed by atoms with Crippen LogP contribution in [-0.2, 0) is 26.2 Å². The normalized spacial score (nSPS) is 14.3. The predicted molar refractivity (Wildman–Crippen MR) is 165 cm³/mol. The molecule has 0 radical (unpaired) electrons. The first-order chi connectivity index (χ1) is 20.5. The summed E-state index contributed by atoms with van der Waals surface area (Å²) in [6.45, 7) is 4.91. The summed E-state index contributed by atoms with van der Waals surface area (Å²) in [5.74, 6) is -0.998. The fraction of sp³-hybridized carbons (Fsp3) is 0.394. The van der Waals surface area contributed by atoms with Gasteiger partial charge in [0.15, 0.2) is 0 Å². The van der Waals surface area contributed by atoms with Crippen molar-refractivity contribution in [3.8, 4) is 5.75 Å². The second-order valence-electron chi connectivity index (χ2n) is 11.1. The molecule has 1 unspecified atom stereocenters. The van der Waals surface area contributed by atoms with Crippen LogP contribution in [0.4, 0.5) is 10.1 Å². The van der Waals surface area contributed by atoms with Gasteiger partial charge < -0.3 is 15.0 Å².